The molecule has 0 bridgehead atoms. The number of anilines is 1. The van der Waals surface area contributed by atoms with E-state index in [1.807, 2.05) is 43.3 Å². The Morgan fingerprint density at radius 2 is 1.89 bits per heavy atom. The summed E-state index contributed by atoms with van der Waals surface area (Å²) >= 11 is 3.35. The van der Waals surface area contributed by atoms with Gasteiger partial charge in [0.05, 0.1) is 6.54 Å². The van der Waals surface area contributed by atoms with Crippen molar-refractivity contribution < 1.29 is 19.4 Å². The molecule has 6 nitrogen and oxygen atoms in total. The fourth-order valence-corrected chi connectivity index (χ4v) is 3.32. The van der Waals surface area contributed by atoms with Gasteiger partial charge in [-0.15, -0.1) is 0 Å². The normalized spacial score (nSPS) is 18.1. The molecule has 142 valence electrons. The zero-order chi connectivity index (χ0) is 19.6. The van der Waals surface area contributed by atoms with Crippen molar-refractivity contribution in [3.8, 4) is 5.75 Å². The van der Waals surface area contributed by atoms with Crippen LogP contribution in [-0.2, 0) is 4.79 Å². The summed E-state index contributed by atoms with van der Waals surface area (Å²) in [5.74, 6) is 0.263. The number of β-amino-alcohol motifs (C(OH)–C–C–N with tert-alkyl or cyclic N) is 1. The van der Waals surface area contributed by atoms with E-state index in [0.717, 1.165) is 14.9 Å². The maximum atomic E-state index is 12.7. The number of rotatable bonds is 6. The first-order valence-corrected chi connectivity index (χ1v) is 9.44. The number of hydrogen-bond donors (Lipinski definition) is 1. The van der Waals surface area contributed by atoms with Crippen LogP contribution in [0.3, 0.4) is 0 Å². The highest BCUT2D eigenvalue weighted by atomic mass is 79.9. The SMILES string of the molecule is Cc1ccc(N2C(=O)N(C[C@@H](O)COc3cccc(Br)c3)C(=O)[C@H]2C)cc1. The van der Waals surface area contributed by atoms with Crippen molar-refractivity contribution in [2.75, 3.05) is 18.1 Å². The number of hydrogen-bond acceptors (Lipinski definition) is 4. The van der Waals surface area contributed by atoms with Gasteiger partial charge in [0.15, 0.2) is 0 Å². The maximum Gasteiger partial charge on any atom is 0.332 e. The molecule has 1 fully saturated rings. The standard InChI is InChI=1S/C20H21BrN2O4/c1-13-6-8-16(9-7-13)23-14(2)19(25)22(20(23)26)11-17(24)12-27-18-5-3-4-15(21)10-18/h3-10,14,17,24H,11-12H2,1-2H3/t14-,17-/m1/s1. The number of nitrogens with zero attached hydrogens (tertiary/aromatic N) is 2. The van der Waals surface area contributed by atoms with E-state index in [0.29, 0.717) is 11.4 Å². The number of imide groups is 1. The lowest BCUT2D eigenvalue weighted by Gasteiger charge is -2.21. The number of aliphatic hydroxyl groups excluding tert-OH is 1. The Balaban J connectivity index is 1.64. The predicted octanol–water partition coefficient (Wildman–Crippen LogP) is 3.35. The summed E-state index contributed by atoms with van der Waals surface area (Å²) in [7, 11) is 0. The van der Waals surface area contributed by atoms with Gasteiger partial charge in [-0.3, -0.25) is 14.6 Å². The zero-order valence-corrected chi connectivity index (χ0v) is 16.7. The second-order valence-corrected chi connectivity index (χ2v) is 7.45. The second-order valence-electron chi connectivity index (χ2n) is 6.54. The molecule has 2 aromatic carbocycles. The minimum atomic E-state index is -0.984. The topological polar surface area (TPSA) is 70.1 Å². The fraction of sp³-hybridized carbons (Fsp3) is 0.300. The summed E-state index contributed by atoms with van der Waals surface area (Å²) in [6.07, 6.45) is -0.984. The van der Waals surface area contributed by atoms with E-state index in [-0.39, 0.29) is 19.1 Å². The van der Waals surface area contributed by atoms with Crippen LogP contribution < -0.4 is 9.64 Å². The van der Waals surface area contributed by atoms with Crippen LogP contribution in [0.25, 0.3) is 0 Å². The van der Waals surface area contributed by atoms with Gasteiger partial charge in [0.1, 0.15) is 24.5 Å². The summed E-state index contributed by atoms with van der Waals surface area (Å²) in [5.41, 5.74) is 1.73. The summed E-state index contributed by atoms with van der Waals surface area (Å²) < 4.78 is 6.40. The lowest BCUT2D eigenvalue weighted by atomic mass is 10.2. The highest BCUT2D eigenvalue weighted by Gasteiger charge is 2.43. The lowest BCUT2D eigenvalue weighted by molar-refractivity contribution is -0.128. The predicted molar refractivity (Wildman–Crippen MR) is 106 cm³/mol. The fourth-order valence-electron chi connectivity index (χ4n) is 2.95. The number of carbonyl (C=O) groups excluding carboxylic acids is 2. The molecule has 3 amide bonds. The van der Waals surface area contributed by atoms with E-state index < -0.39 is 18.2 Å². The molecular weight excluding hydrogens is 412 g/mol. The van der Waals surface area contributed by atoms with E-state index >= 15 is 0 Å². The summed E-state index contributed by atoms with van der Waals surface area (Å²) in [6, 6.07) is 13.6. The molecule has 1 aliphatic heterocycles. The van der Waals surface area contributed by atoms with Crippen LogP contribution in [0.2, 0.25) is 0 Å². The Morgan fingerprint density at radius 1 is 1.19 bits per heavy atom. The Labute approximate surface area is 166 Å². The summed E-state index contributed by atoms with van der Waals surface area (Å²) in [5, 5.41) is 10.3. The van der Waals surface area contributed by atoms with Crippen molar-refractivity contribution in [2.24, 2.45) is 0 Å². The van der Waals surface area contributed by atoms with E-state index in [1.54, 1.807) is 19.1 Å². The quantitative estimate of drug-likeness (QED) is 0.710. The molecule has 0 aliphatic carbocycles. The van der Waals surface area contributed by atoms with Gasteiger partial charge in [0.25, 0.3) is 5.91 Å². The van der Waals surface area contributed by atoms with Crippen LogP contribution in [-0.4, -0.2) is 47.2 Å². The first kappa shape index (κ1) is 19.4. The minimum absolute atomic E-state index is 0.0214. The third-order valence-electron chi connectivity index (χ3n) is 4.39. The largest absolute Gasteiger partial charge is 0.491 e. The summed E-state index contributed by atoms with van der Waals surface area (Å²) in [6.45, 7) is 3.51. The molecular formula is C20H21BrN2O4. The Morgan fingerprint density at radius 3 is 2.56 bits per heavy atom. The molecule has 0 unspecified atom stereocenters. The monoisotopic (exact) mass is 432 g/mol. The molecule has 2 aromatic rings. The Bertz CT molecular complexity index is 840. The number of halogens is 1. The average Bonchev–Trinajstić information content (AvgIpc) is 2.85. The van der Waals surface area contributed by atoms with Gasteiger partial charge in [-0.05, 0) is 44.2 Å². The lowest BCUT2D eigenvalue weighted by Crippen LogP contribution is -2.40. The molecule has 0 radical (unpaired) electrons. The van der Waals surface area contributed by atoms with Gasteiger partial charge >= 0.3 is 6.03 Å². The van der Waals surface area contributed by atoms with Crippen molar-refractivity contribution in [3.05, 3.63) is 58.6 Å². The number of aryl methyl sites for hydroxylation is 1. The van der Waals surface area contributed by atoms with Crippen LogP contribution in [0.5, 0.6) is 5.75 Å². The summed E-state index contributed by atoms with van der Waals surface area (Å²) in [4.78, 5) is 27.8. The van der Waals surface area contributed by atoms with Crippen molar-refractivity contribution in [1.82, 2.24) is 4.90 Å². The number of ether oxygens (including phenoxy) is 1. The molecule has 1 aliphatic rings. The van der Waals surface area contributed by atoms with Crippen LogP contribution in [0, 0.1) is 6.92 Å². The number of benzene rings is 2. The van der Waals surface area contributed by atoms with Crippen LogP contribution in [0.1, 0.15) is 12.5 Å². The van der Waals surface area contributed by atoms with Crippen molar-refractivity contribution in [1.29, 1.82) is 0 Å². The van der Waals surface area contributed by atoms with Gasteiger partial charge in [-0.25, -0.2) is 4.79 Å². The Hall–Kier alpha value is -2.38. The highest BCUT2D eigenvalue weighted by molar-refractivity contribution is 9.10. The first-order chi connectivity index (χ1) is 12.9. The Kier molecular flexibility index (Phi) is 5.82. The van der Waals surface area contributed by atoms with Crippen LogP contribution in [0.15, 0.2) is 53.0 Å². The van der Waals surface area contributed by atoms with Crippen molar-refractivity contribution >= 4 is 33.6 Å². The van der Waals surface area contributed by atoms with Gasteiger partial charge in [0, 0.05) is 10.2 Å². The molecule has 0 saturated carbocycles. The van der Waals surface area contributed by atoms with E-state index in [9.17, 15) is 14.7 Å². The molecule has 7 heteroatoms. The smallest absolute Gasteiger partial charge is 0.332 e. The molecule has 1 saturated heterocycles. The molecule has 27 heavy (non-hydrogen) atoms. The molecule has 1 N–H and O–H groups in total. The minimum Gasteiger partial charge on any atom is -0.491 e. The van der Waals surface area contributed by atoms with E-state index in [4.69, 9.17) is 4.74 Å². The van der Waals surface area contributed by atoms with Crippen molar-refractivity contribution in [3.63, 3.8) is 0 Å². The van der Waals surface area contributed by atoms with Gasteiger partial charge in [0.2, 0.25) is 0 Å². The molecule has 1 heterocycles. The van der Waals surface area contributed by atoms with Gasteiger partial charge in [-0.1, -0.05) is 39.7 Å². The van der Waals surface area contributed by atoms with E-state index in [2.05, 4.69) is 15.9 Å². The first-order valence-electron chi connectivity index (χ1n) is 8.64. The molecule has 0 aromatic heterocycles. The van der Waals surface area contributed by atoms with Gasteiger partial charge in [-0.2, -0.15) is 0 Å². The highest BCUT2D eigenvalue weighted by Crippen LogP contribution is 2.26. The third-order valence-corrected chi connectivity index (χ3v) is 4.88. The molecule has 0 spiro atoms. The molecule has 2 atom stereocenters. The third kappa shape index (κ3) is 4.31. The zero-order valence-electron chi connectivity index (χ0n) is 15.1. The van der Waals surface area contributed by atoms with Gasteiger partial charge < -0.3 is 9.84 Å². The number of urea groups is 1. The number of aliphatic hydroxyl groups is 1. The number of carbonyl (C=O) groups is 2. The average molecular weight is 433 g/mol. The van der Waals surface area contributed by atoms with Crippen LogP contribution in [0.4, 0.5) is 10.5 Å². The van der Waals surface area contributed by atoms with Crippen molar-refractivity contribution in [2.45, 2.75) is 26.0 Å². The maximum absolute atomic E-state index is 12.7. The number of amides is 3. The molecule has 3 rings (SSSR count). The van der Waals surface area contributed by atoms with Crippen LogP contribution >= 0.6 is 15.9 Å². The second kappa shape index (κ2) is 8.10. The van der Waals surface area contributed by atoms with E-state index in [1.165, 1.54) is 4.90 Å².